The minimum atomic E-state index is 0.0829. The summed E-state index contributed by atoms with van der Waals surface area (Å²) >= 11 is 0. The number of benzene rings is 6. The van der Waals surface area contributed by atoms with Crippen LogP contribution in [0.2, 0.25) is 0 Å². The second-order valence-corrected chi connectivity index (χ2v) is 12.3. The maximum absolute atomic E-state index is 6.31. The first-order valence-electron chi connectivity index (χ1n) is 16.0. The highest BCUT2D eigenvalue weighted by Crippen LogP contribution is 2.40. The molecule has 3 aromatic heterocycles. The van der Waals surface area contributed by atoms with Crippen LogP contribution in [0.1, 0.15) is 25.5 Å². The SMILES string of the molecule is c1ccc2c(c1)c1ccccc1n2-c1ccc2c(c1)c1ccccc1n2-c1ccc2c(c1)c1ccccc1n2C1CCCCO1. The number of ether oxygens (including phenoxy) is 1. The molecule has 4 nitrogen and oxygen atoms in total. The molecule has 9 aromatic rings. The number of para-hydroxylation sites is 4. The van der Waals surface area contributed by atoms with Crippen LogP contribution < -0.4 is 0 Å². The van der Waals surface area contributed by atoms with E-state index in [9.17, 15) is 0 Å². The summed E-state index contributed by atoms with van der Waals surface area (Å²) in [5, 5.41) is 7.61. The Hall–Kier alpha value is -5.32. The molecule has 0 N–H and O–H groups in total. The van der Waals surface area contributed by atoms with Crippen molar-refractivity contribution in [3.05, 3.63) is 133 Å². The molecule has 0 aliphatic carbocycles. The highest BCUT2D eigenvalue weighted by atomic mass is 16.5. The molecule has 1 aliphatic rings. The number of hydrogen-bond acceptors (Lipinski definition) is 1. The van der Waals surface area contributed by atoms with Crippen molar-refractivity contribution in [2.45, 2.75) is 25.5 Å². The summed E-state index contributed by atoms with van der Waals surface area (Å²) < 4.78 is 13.6. The standard InChI is InChI=1S/C41H31N3O/c1-5-15-35-29(11-1)30-12-2-6-16-36(30)42(35)27-20-22-39-33(25-27)31-13-3-7-17-37(31)43(39)28-21-23-40-34(26-28)32-14-4-8-18-38(32)44(40)41-19-9-10-24-45-41/h1-8,11-18,20-23,25-26,41H,9-10,19,24H2. The van der Waals surface area contributed by atoms with E-state index >= 15 is 0 Å². The predicted molar refractivity (Wildman–Crippen MR) is 187 cm³/mol. The van der Waals surface area contributed by atoms with Crippen molar-refractivity contribution >= 4 is 65.4 Å². The van der Waals surface area contributed by atoms with Crippen LogP contribution in [0.5, 0.6) is 0 Å². The van der Waals surface area contributed by atoms with Crippen molar-refractivity contribution in [3.8, 4) is 11.4 Å². The summed E-state index contributed by atoms with van der Waals surface area (Å²) in [5.41, 5.74) is 9.71. The lowest BCUT2D eigenvalue weighted by Crippen LogP contribution is -2.17. The molecular weight excluding hydrogens is 550 g/mol. The van der Waals surface area contributed by atoms with Gasteiger partial charge in [0.05, 0.1) is 33.1 Å². The van der Waals surface area contributed by atoms with Gasteiger partial charge in [-0.05, 0) is 79.9 Å². The molecule has 1 unspecified atom stereocenters. The van der Waals surface area contributed by atoms with Crippen molar-refractivity contribution in [2.24, 2.45) is 0 Å². The lowest BCUT2D eigenvalue weighted by Gasteiger charge is -2.25. The van der Waals surface area contributed by atoms with Gasteiger partial charge in [-0.1, -0.05) is 72.8 Å². The van der Waals surface area contributed by atoms with Gasteiger partial charge in [-0.25, -0.2) is 0 Å². The summed E-state index contributed by atoms with van der Waals surface area (Å²) in [6, 6.07) is 49.0. The highest BCUT2D eigenvalue weighted by Gasteiger charge is 2.22. The van der Waals surface area contributed by atoms with Crippen LogP contribution in [0.4, 0.5) is 0 Å². The zero-order valence-electron chi connectivity index (χ0n) is 24.9. The highest BCUT2D eigenvalue weighted by molar-refractivity contribution is 6.13. The van der Waals surface area contributed by atoms with Crippen LogP contribution in [0.25, 0.3) is 76.8 Å². The first kappa shape index (κ1) is 25.1. The van der Waals surface area contributed by atoms with Crippen molar-refractivity contribution < 1.29 is 4.74 Å². The second kappa shape index (κ2) is 9.59. The normalized spacial score (nSPS) is 15.8. The van der Waals surface area contributed by atoms with Crippen LogP contribution in [0, 0.1) is 0 Å². The summed E-state index contributed by atoms with van der Waals surface area (Å²) in [6.07, 6.45) is 3.48. The Kier molecular flexibility index (Phi) is 5.34. The molecule has 0 spiro atoms. The molecule has 4 heterocycles. The average Bonchev–Trinajstić information content (AvgIpc) is 3.74. The molecule has 10 rings (SSSR count). The average molecular weight is 582 g/mol. The summed E-state index contributed by atoms with van der Waals surface area (Å²) in [7, 11) is 0. The second-order valence-electron chi connectivity index (χ2n) is 12.3. The molecule has 1 fully saturated rings. The van der Waals surface area contributed by atoms with Gasteiger partial charge in [0.15, 0.2) is 0 Å². The quantitative estimate of drug-likeness (QED) is 0.204. The van der Waals surface area contributed by atoms with Gasteiger partial charge in [0.1, 0.15) is 6.23 Å². The Labute approximate surface area is 260 Å². The minimum Gasteiger partial charge on any atom is -0.358 e. The van der Waals surface area contributed by atoms with E-state index in [-0.39, 0.29) is 6.23 Å². The largest absolute Gasteiger partial charge is 0.358 e. The lowest BCUT2D eigenvalue weighted by atomic mass is 10.1. The third-order valence-electron chi connectivity index (χ3n) is 9.89. The lowest BCUT2D eigenvalue weighted by molar-refractivity contribution is -0.0267. The Balaban J connectivity index is 1.22. The molecule has 1 atom stereocenters. The van der Waals surface area contributed by atoms with Gasteiger partial charge in [-0.3, -0.25) is 0 Å². The Morgan fingerprint density at radius 3 is 1.40 bits per heavy atom. The number of rotatable bonds is 3. The van der Waals surface area contributed by atoms with E-state index < -0.39 is 0 Å². The minimum absolute atomic E-state index is 0.0829. The van der Waals surface area contributed by atoms with E-state index in [0.29, 0.717) is 0 Å². The molecule has 216 valence electrons. The van der Waals surface area contributed by atoms with Crippen molar-refractivity contribution in [3.63, 3.8) is 0 Å². The van der Waals surface area contributed by atoms with Crippen LogP contribution in [-0.4, -0.2) is 20.3 Å². The smallest absolute Gasteiger partial charge is 0.134 e. The molecular formula is C41H31N3O. The zero-order valence-corrected chi connectivity index (χ0v) is 24.9. The fourth-order valence-corrected chi connectivity index (χ4v) is 7.95. The maximum Gasteiger partial charge on any atom is 0.134 e. The van der Waals surface area contributed by atoms with Gasteiger partial charge in [0, 0.05) is 50.3 Å². The molecule has 1 aliphatic heterocycles. The summed E-state index contributed by atoms with van der Waals surface area (Å²) in [6.45, 7) is 0.828. The topological polar surface area (TPSA) is 24.0 Å². The fourth-order valence-electron chi connectivity index (χ4n) is 7.95. The Morgan fingerprint density at radius 2 is 0.844 bits per heavy atom. The third kappa shape index (κ3) is 3.57. The van der Waals surface area contributed by atoms with Crippen LogP contribution in [0.15, 0.2) is 133 Å². The maximum atomic E-state index is 6.31. The van der Waals surface area contributed by atoms with Crippen molar-refractivity contribution in [1.29, 1.82) is 0 Å². The van der Waals surface area contributed by atoms with Crippen molar-refractivity contribution in [1.82, 2.24) is 13.7 Å². The van der Waals surface area contributed by atoms with Crippen molar-refractivity contribution in [2.75, 3.05) is 6.61 Å². The molecule has 1 saturated heterocycles. The van der Waals surface area contributed by atoms with Gasteiger partial charge >= 0.3 is 0 Å². The van der Waals surface area contributed by atoms with Crippen LogP contribution in [-0.2, 0) is 4.74 Å². The number of aromatic nitrogens is 3. The molecule has 0 bridgehead atoms. The van der Waals surface area contributed by atoms with Gasteiger partial charge in [0.25, 0.3) is 0 Å². The molecule has 6 aromatic carbocycles. The van der Waals surface area contributed by atoms with E-state index in [0.717, 1.165) is 19.4 Å². The first-order valence-corrected chi connectivity index (χ1v) is 16.0. The van der Waals surface area contributed by atoms with E-state index in [1.165, 1.54) is 83.2 Å². The Bertz CT molecular complexity index is 2540. The predicted octanol–water partition coefficient (Wildman–Crippen LogP) is 10.7. The van der Waals surface area contributed by atoms with Gasteiger partial charge in [-0.15, -0.1) is 0 Å². The molecule has 0 amide bonds. The van der Waals surface area contributed by atoms with Gasteiger partial charge in [0.2, 0.25) is 0 Å². The monoisotopic (exact) mass is 581 g/mol. The van der Waals surface area contributed by atoms with E-state index in [4.69, 9.17) is 4.74 Å². The fraction of sp³-hybridized carbons (Fsp3) is 0.122. The van der Waals surface area contributed by atoms with E-state index in [2.05, 4.69) is 147 Å². The van der Waals surface area contributed by atoms with Crippen LogP contribution in [0.3, 0.4) is 0 Å². The van der Waals surface area contributed by atoms with Crippen LogP contribution >= 0.6 is 0 Å². The van der Waals surface area contributed by atoms with Gasteiger partial charge < -0.3 is 18.4 Å². The first-order chi connectivity index (χ1) is 22.3. The molecule has 0 radical (unpaired) electrons. The molecule has 45 heavy (non-hydrogen) atoms. The number of nitrogens with zero attached hydrogens (tertiary/aromatic N) is 3. The molecule has 4 heteroatoms. The third-order valence-corrected chi connectivity index (χ3v) is 9.89. The Morgan fingerprint density at radius 1 is 0.422 bits per heavy atom. The summed E-state index contributed by atoms with van der Waals surface area (Å²) in [4.78, 5) is 0. The van der Waals surface area contributed by atoms with Gasteiger partial charge in [-0.2, -0.15) is 0 Å². The number of hydrogen-bond donors (Lipinski definition) is 0. The van der Waals surface area contributed by atoms with E-state index in [1.807, 2.05) is 0 Å². The molecule has 0 saturated carbocycles. The zero-order chi connectivity index (χ0) is 29.5. The van der Waals surface area contributed by atoms with E-state index in [1.54, 1.807) is 0 Å². The summed E-state index contributed by atoms with van der Waals surface area (Å²) in [5.74, 6) is 0. The number of fused-ring (bicyclic) bond motifs is 9.